The van der Waals surface area contributed by atoms with Crippen LogP contribution in [0.5, 0.6) is 0 Å². The minimum absolute atomic E-state index is 0.0581. The second kappa shape index (κ2) is 9.55. The molecule has 2 aromatic carbocycles. The first kappa shape index (κ1) is 20.1. The van der Waals surface area contributed by atoms with Crippen LogP contribution in [0.2, 0.25) is 0 Å². The highest BCUT2D eigenvalue weighted by Crippen LogP contribution is 2.21. The average Bonchev–Trinajstić information content (AvgIpc) is 2.80. The number of nitrogens with one attached hydrogen (secondary N) is 1. The van der Waals surface area contributed by atoms with E-state index in [1.807, 2.05) is 24.3 Å². The zero-order valence-corrected chi connectivity index (χ0v) is 17.4. The first-order chi connectivity index (χ1) is 14.7. The van der Waals surface area contributed by atoms with Crippen molar-refractivity contribution in [3.8, 4) is 0 Å². The lowest BCUT2D eigenvalue weighted by Gasteiger charge is -2.36. The van der Waals surface area contributed by atoms with Crippen LogP contribution in [0.4, 0.5) is 5.69 Å². The number of amides is 1. The van der Waals surface area contributed by atoms with Gasteiger partial charge in [-0.25, -0.2) is 0 Å². The van der Waals surface area contributed by atoms with E-state index in [0.29, 0.717) is 12.1 Å². The maximum Gasteiger partial charge on any atom is 0.251 e. The molecule has 2 heterocycles. The molecule has 1 fully saturated rings. The average molecular weight is 401 g/mol. The molecule has 154 valence electrons. The molecule has 1 N–H and O–H groups in total. The van der Waals surface area contributed by atoms with Crippen LogP contribution in [0.15, 0.2) is 73.1 Å². The largest absolute Gasteiger partial charge is 0.369 e. The van der Waals surface area contributed by atoms with Gasteiger partial charge in [0.1, 0.15) is 0 Å². The third kappa shape index (κ3) is 5.05. The van der Waals surface area contributed by atoms with E-state index in [4.69, 9.17) is 0 Å². The van der Waals surface area contributed by atoms with Gasteiger partial charge in [0, 0.05) is 62.9 Å². The molecule has 0 radical (unpaired) electrons. The highest BCUT2D eigenvalue weighted by molar-refractivity contribution is 5.94. The van der Waals surface area contributed by atoms with Gasteiger partial charge in [0.15, 0.2) is 0 Å². The Morgan fingerprint density at radius 3 is 2.40 bits per heavy atom. The van der Waals surface area contributed by atoms with Crippen LogP contribution in [0.1, 0.15) is 27.0 Å². The predicted molar refractivity (Wildman–Crippen MR) is 121 cm³/mol. The van der Waals surface area contributed by atoms with Gasteiger partial charge in [-0.3, -0.25) is 14.7 Å². The summed E-state index contributed by atoms with van der Waals surface area (Å²) in [4.78, 5) is 21.4. The number of aromatic nitrogens is 1. The summed E-state index contributed by atoms with van der Waals surface area (Å²) in [5.41, 5.74) is 5.60. The van der Waals surface area contributed by atoms with Crippen LogP contribution in [0, 0.1) is 6.92 Å². The zero-order valence-electron chi connectivity index (χ0n) is 17.4. The number of rotatable bonds is 6. The summed E-state index contributed by atoms with van der Waals surface area (Å²) in [5, 5.41) is 2.95. The number of nitrogens with zero attached hydrogens (tertiary/aromatic N) is 3. The molecule has 1 aliphatic rings. The van der Waals surface area contributed by atoms with Gasteiger partial charge < -0.3 is 10.2 Å². The summed E-state index contributed by atoms with van der Waals surface area (Å²) in [6.07, 6.45) is 3.49. The molecule has 1 saturated heterocycles. The monoisotopic (exact) mass is 400 g/mol. The van der Waals surface area contributed by atoms with E-state index >= 15 is 0 Å². The van der Waals surface area contributed by atoms with Crippen molar-refractivity contribution >= 4 is 11.6 Å². The molecule has 0 aliphatic carbocycles. The van der Waals surface area contributed by atoms with Crippen LogP contribution in [-0.4, -0.2) is 42.0 Å². The zero-order chi connectivity index (χ0) is 20.8. The van der Waals surface area contributed by atoms with E-state index < -0.39 is 0 Å². The molecule has 1 aliphatic heterocycles. The molecule has 4 rings (SSSR count). The summed E-state index contributed by atoms with van der Waals surface area (Å²) in [6, 6.07) is 20.4. The lowest BCUT2D eigenvalue weighted by atomic mass is 10.1. The Kier molecular flexibility index (Phi) is 6.40. The van der Waals surface area contributed by atoms with E-state index in [2.05, 4.69) is 63.4 Å². The first-order valence-electron chi connectivity index (χ1n) is 10.5. The van der Waals surface area contributed by atoms with Crippen molar-refractivity contribution in [2.75, 3.05) is 31.1 Å². The minimum atomic E-state index is -0.0581. The summed E-state index contributed by atoms with van der Waals surface area (Å²) < 4.78 is 0. The molecule has 5 nitrogen and oxygen atoms in total. The first-order valence-corrected chi connectivity index (χ1v) is 10.5. The Bertz CT molecular complexity index is 964. The van der Waals surface area contributed by atoms with Crippen molar-refractivity contribution in [3.05, 3.63) is 95.3 Å². The quantitative estimate of drug-likeness (QED) is 0.686. The lowest BCUT2D eigenvalue weighted by Crippen LogP contribution is -2.46. The number of hydrogen-bond donors (Lipinski definition) is 1. The van der Waals surface area contributed by atoms with Gasteiger partial charge in [-0.05, 0) is 47.9 Å². The van der Waals surface area contributed by atoms with Gasteiger partial charge >= 0.3 is 0 Å². The number of anilines is 1. The number of hydrogen-bond acceptors (Lipinski definition) is 4. The molecule has 0 unspecified atom stereocenters. The van der Waals surface area contributed by atoms with Crippen LogP contribution in [0.3, 0.4) is 0 Å². The molecular weight excluding hydrogens is 372 g/mol. The van der Waals surface area contributed by atoms with Crippen molar-refractivity contribution < 1.29 is 4.79 Å². The smallest absolute Gasteiger partial charge is 0.251 e. The Balaban J connectivity index is 1.27. The molecule has 30 heavy (non-hydrogen) atoms. The number of aryl methyl sites for hydroxylation is 1. The third-order valence-corrected chi connectivity index (χ3v) is 5.63. The maximum absolute atomic E-state index is 12.4. The normalized spacial score (nSPS) is 14.5. The topological polar surface area (TPSA) is 48.5 Å². The number of para-hydroxylation sites is 1. The Hall–Kier alpha value is -3.18. The van der Waals surface area contributed by atoms with E-state index in [9.17, 15) is 4.79 Å². The summed E-state index contributed by atoms with van der Waals surface area (Å²) >= 11 is 0. The molecule has 5 heteroatoms. The van der Waals surface area contributed by atoms with Crippen LogP contribution < -0.4 is 10.2 Å². The fraction of sp³-hybridized carbons (Fsp3) is 0.280. The van der Waals surface area contributed by atoms with E-state index in [0.717, 1.165) is 38.3 Å². The van der Waals surface area contributed by atoms with Crippen LogP contribution in [-0.2, 0) is 13.1 Å². The number of carbonyl (C=O) groups is 1. The molecule has 1 amide bonds. The van der Waals surface area contributed by atoms with Gasteiger partial charge in [-0.2, -0.15) is 0 Å². The van der Waals surface area contributed by atoms with E-state index in [1.165, 1.54) is 16.8 Å². The fourth-order valence-electron chi connectivity index (χ4n) is 3.87. The molecule has 0 saturated carbocycles. The summed E-state index contributed by atoms with van der Waals surface area (Å²) in [7, 11) is 0. The van der Waals surface area contributed by atoms with Crippen molar-refractivity contribution in [1.82, 2.24) is 15.2 Å². The minimum Gasteiger partial charge on any atom is -0.369 e. The lowest BCUT2D eigenvalue weighted by molar-refractivity contribution is 0.0951. The van der Waals surface area contributed by atoms with Gasteiger partial charge in [0.2, 0.25) is 0 Å². The van der Waals surface area contributed by atoms with Gasteiger partial charge in [-0.15, -0.1) is 0 Å². The van der Waals surface area contributed by atoms with Crippen LogP contribution >= 0.6 is 0 Å². The van der Waals surface area contributed by atoms with E-state index in [1.54, 1.807) is 12.4 Å². The SMILES string of the molecule is Cc1ccccc1N1CCN(Cc2ccc(C(=O)NCc3cccnc3)cc2)CC1. The second-order valence-electron chi connectivity index (χ2n) is 7.79. The molecule has 0 bridgehead atoms. The van der Waals surface area contributed by atoms with Crippen LogP contribution in [0.25, 0.3) is 0 Å². The predicted octanol–water partition coefficient (Wildman–Crippen LogP) is 3.64. The number of benzene rings is 2. The van der Waals surface area contributed by atoms with Crippen molar-refractivity contribution in [2.24, 2.45) is 0 Å². The summed E-state index contributed by atoms with van der Waals surface area (Å²) in [6.45, 7) is 7.75. The highest BCUT2D eigenvalue weighted by atomic mass is 16.1. The van der Waals surface area contributed by atoms with Gasteiger partial charge in [0.05, 0.1) is 0 Å². The molecule has 1 aromatic heterocycles. The molecule has 0 atom stereocenters. The second-order valence-corrected chi connectivity index (χ2v) is 7.79. The van der Waals surface area contributed by atoms with Crippen molar-refractivity contribution in [2.45, 2.75) is 20.0 Å². The Morgan fingerprint density at radius 1 is 0.933 bits per heavy atom. The Labute approximate surface area is 178 Å². The number of carbonyl (C=O) groups excluding carboxylic acids is 1. The molecule has 0 spiro atoms. The number of pyridine rings is 1. The fourth-order valence-corrected chi connectivity index (χ4v) is 3.87. The van der Waals surface area contributed by atoms with Crippen molar-refractivity contribution in [3.63, 3.8) is 0 Å². The number of piperazine rings is 1. The third-order valence-electron chi connectivity index (χ3n) is 5.63. The van der Waals surface area contributed by atoms with Crippen molar-refractivity contribution in [1.29, 1.82) is 0 Å². The summed E-state index contributed by atoms with van der Waals surface area (Å²) in [5.74, 6) is -0.0581. The van der Waals surface area contributed by atoms with Gasteiger partial charge in [0.25, 0.3) is 5.91 Å². The Morgan fingerprint density at radius 2 is 1.70 bits per heavy atom. The van der Waals surface area contributed by atoms with E-state index in [-0.39, 0.29) is 5.91 Å². The molecule has 3 aromatic rings. The molecular formula is C25H28N4O. The standard InChI is InChI=1S/C25H28N4O/c1-20-5-2-3-7-24(20)29-15-13-28(14-16-29)19-21-8-10-23(11-9-21)25(30)27-18-22-6-4-12-26-17-22/h2-12,17H,13-16,18-19H2,1H3,(H,27,30). The maximum atomic E-state index is 12.4. The highest BCUT2D eigenvalue weighted by Gasteiger charge is 2.18. The van der Waals surface area contributed by atoms with Gasteiger partial charge in [-0.1, -0.05) is 36.4 Å².